The quantitative estimate of drug-likeness (QED) is 0.321. The Morgan fingerprint density at radius 2 is 1.84 bits per heavy atom. The standard InChI is InChI=1S/C25H23N3O2S2/c1-16-11-13-18(14-12-16)28-24(30)22-19-9-5-6-10-20(19)32-23(22)27-25(28)31-15-21(29)26-17-7-3-2-4-8-17/h2-4,7-8,11-14H,5-6,9-10,15H2,1H3,(H,26,29). The summed E-state index contributed by atoms with van der Waals surface area (Å²) in [6, 6.07) is 17.2. The van der Waals surface area contributed by atoms with Crippen molar-refractivity contribution < 1.29 is 4.79 Å². The first-order valence-corrected chi connectivity index (χ1v) is 12.5. The van der Waals surface area contributed by atoms with E-state index in [2.05, 4.69) is 5.32 Å². The second-order valence-electron chi connectivity index (χ2n) is 7.96. The van der Waals surface area contributed by atoms with Gasteiger partial charge in [0.25, 0.3) is 5.56 Å². The monoisotopic (exact) mass is 461 g/mol. The molecule has 0 fully saturated rings. The van der Waals surface area contributed by atoms with E-state index in [9.17, 15) is 9.59 Å². The SMILES string of the molecule is Cc1ccc(-n2c(SCC(=O)Nc3ccccc3)nc3sc4c(c3c2=O)CCCC4)cc1. The number of nitrogens with zero attached hydrogens (tertiary/aromatic N) is 2. The molecular weight excluding hydrogens is 438 g/mol. The Morgan fingerprint density at radius 1 is 1.09 bits per heavy atom. The molecule has 0 radical (unpaired) electrons. The van der Waals surface area contributed by atoms with Gasteiger partial charge in [0.2, 0.25) is 5.91 Å². The van der Waals surface area contributed by atoms with Crippen molar-refractivity contribution in [1.82, 2.24) is 9.55 Å². The van der Waals surface area contributed by atoms with E-state index >= 15 is 0 Å². The number of benzene rings is 2. The molecule has 1 N–H and O–H groups in total. The van der Waals surface area contributed by atoms with Gasteiger partial charge in [-0.3, -0.25) is 14.2 Å². The van der Waals surface area contributed by atoms with E-state index in [1.54, 1.807) is 15.9 Å². The third-order valence-electron chi connectivity index (χ3n) is 5.64. The molecule has 0 saturated carbocycles. The third-order valence-corrected chi connectivity index (χ3v) is 7.76. The number of fused-ring (bicyclic) bond motifs is 3. The Bertz CT molecular complexity index is 1340. The molecule has 2 aromatic heterocycles. The number of nitrogens with one attached hydrogen (secondary N) is 1. The molecule has 4 aromatic rings. The van der Waals surface area contributed by atoms with Gasteiger partial charge in [0.1, 0.15) is 4.83 Å². The first-order valence-electron chi connectivity index (χ1n) is 10.7. The summed E-state index contributed by atoms with van der Waals surface area (Å²) in [7, 11) is 0. The minimum Gasteiger partial charge on any atom is -0.325 e. The number of anilines is 1. The summed E-state index contributed by atoms with van der Waals surface area (Å²) in [5, 5.41) is 4.20. The van der Waals surface area contributed by atoms with Gasteiger partial charge in [-0.15, -0.1) is 11.3 Å². The van der Waals surface area contributed by atoms with Crippen molar-refractivity contribution in [3.05, 3.63) is 81.0 Å². The van der Waals surface area contributed by atoms with Crippen molar-refractivity contribution in [3.63, 3.8) is 0 Å². The molecule has 0 aliphatic heterocycles. The van der Waals surface area contributed by atoms with Crippen LogP contribution < -0.4 is 10.9 Å². The van der Waals surface area contributed by atoms with Crippen LogP contribution in [0.2, 0.25) is 0 Å². The Hall–Kier alpha value is -2.90. The number of para-hydroxylation sites is 1. The summed E-state index contributed by atoms with van der Waals surface area (Å²) in [4.78, 5) is 33.2. The number of carbonyl (C=O) groups excluding carboxylic acids is 1. The average Bonchev–Trinajstić information content (AvgIpc) is 3.18. The van der Waals surface area contributed by atoms with Crippen molar-refractivity contribution in [2.45, 2.75) is 37.8 Å². The molecule has 0 spiro atoms. The lowest BCUT2D eigenvalue weighted by Crippen LogP contribution is -2.23. The largest absolute Gasteiger partial charge is 0.325 e. The number of rotatable bonds is 5. The molecule has 5 rings (SSSR count). The molecular formula is C25H23N3O2S2. The van der Waals surface area contributed by atoms with Crippen LogP contribution in [0, 0.1) is 6.92 Å². The molecule has 0 saturated heterocycles. The molecule has 1 amide bonds. The number of thiophene rings is 1. The minimum absolute atomic E-state index is 0.0378. The smallest absolute Gasteiger partial charge is 0.267 e. The topological polar surface area (TPSA) is 64.0 Å². The Morgan fingerprint density at radius 3 is 2.62 bits per heavy atom. The molecule has 32 heavy (non-hydrogen) atoms. The highest BCUT2D eigenvalue weighted by molar-refractivity contribution is 7.99. The fourth-order valence-electron chi connectivity index (χ4n) is 4.05. The van der Waals surface area contributed by atoms with Gasteiger partial charge in [-0.2, -0.15) is 0 Å². The van der Waals surface area contributed by atoms with Crippen LogP contribution in [0.1, 0.15) is 28.8 Å². The van der Waals surface area contributed by atoms with Gasteiger partial charge in [-0.25, -0.2) is 4.98 Å². The summed E-state index contributed by atoms with van der Waals surface area (Å²) in [5.74, 6) is 0.0422. The second kappa shape index (κ2) is 8.92. The van der Waals surface area contributed by atoms with E-state index in [4.69, 9.17) is 4.98 Å². The summed E-state index contributed by atoms with van der Waals surface area (Å²) in [6.07, 6.45) is 4.22. The van der Waals surface area contributed by atoms with E-state index < -0.39 is 0 Å². The predicted molar refractivity (Wildman–Crippen MR) is 132 cm³/mol. The Labute approximate surface area is 194 Å². The first-order chi connectivity index (χ1) is 15.6. The number of aromatic nitrogens is 2. The van der Waals surface area contributed by atoms with Crippen LogP contribution in [0.3, 0.4) is 0 Å². The van der Waals surface area contributed by atoms with Crippen LogP contribution >= 0.6 is 23.1 Å². The average molecular weight is 462 g/mol. The van der Waals surface area contributed by atoms with Gasteiger partial charge in [-0.1, -0.05) is 47.7 Å². The van der Waals surface area contributed by atoms with Gasteiger partial charge >= 0.3 is 0 Å². The van der Waals surface area contributed by atoms with E-state index in [1.807, 2.05) is 61.5 Å². The van der Waals surface area contributed by atoms with Crippen LogP contribution in [0.5, 0.6) is 0 Å². The lowest BCUT2D eigenvalue weighted by Gasteiger charge is -2.14. The second-order valence-corrected chi connectivity index (χ2v) is 9.99. The van der Waals surface area contributed by atoms with Crippen molar-refractivity contribution in [3.8, 4) is 5.69 Å². The van der Waals surface area contributed by atoms with Crippen molar-refractivity contribution in [2.75, 3.05) is 11.1 Å². The van der Waals surface area contributed by atoms with Gasteiger partial charge in [0, 0.05) is 10.6 Å². The predicted octanol–water partition coefficient (Wildman–Crippen LogP) is 5.37. The number of hydrogen-bond acceptors (Lipinski definition) is 5. The molecule has 162 valence electrons. The highest BCUT2D eigenvalue weighted by atomic mass is 32.2. The number of hydrogen-bond donors (Lipinski definition) is 1. The summed E-state index contributed by atoms with van der Waals surface area (Å²) < 4.78 is 1.67. The maximum absolute atomic E-state index is 13.7. The molecule has 7 heteroatoms. The zero-order chi connectivity index (χ0) is 22.1. The highest BCUT2D eigenvalue weighted by Crippen LogP contribution is 2.35. The van der Waals surface area contributed by atoms with E-state index in [-0.39, 0.29) is 17.2 Å². The zero-order valence-corrected chi connectivity index (χ0v) is 19.4. The van der Waals surface area contributed by atoms with E-state index in [0.29, 0.717) is 5.16 Å². The number of thioether (sulfide) groups is 1. The van der Waals surface area contributed by atoms with Gasteiger partial charge < -0.3 is 5.32 Å². The summed E-state index contributed by atoms with van der Waals surface area (Å²) in [5.41, 5.74) is 3.79. The molecule has 2 heterocycles. The fraction of sp³-hybridized carbons (Fsp3) is 0.240. The molecule has 0 unspecified atom stereocenters. The Kier molecular flexibility index (Phi) is 5.85. The minimum atomic E-state index is -0.128. The number of amides is 1. The molecule has 0 bridgehead atoms. The van der Waals surface area contributed by atoms with Gasteiger partial charge in [0.15, 0.2) is 5.16 Å². The van der Waals surface area contributed by atoms with Crippen molar-refractivity contribution in [1.29, 1.82) is 0 Å². The fourth-order valence-corrected chi connectivity index (χ4v) is 6.17. The normalized spacial score (nSPS) is 13.2. The third kappa shape index (κ3) is 4.10. The maximum atomic E-state index is 13.7. The van der Waals surface area contributed by atoms with Crippen LogP contribution in [-0.2, 0) is 17.6 Å². The van der Waals surface area contributed by atoms with E-state index in [1.165, 1.54) is 22.2 Å². The lowest BCUT2D eigenvalue weighted by atomic mass is 9.97. The molecule has 0 atom stereocenters. The maximum Gasteiger partial charge on any atom is 0.267 e. The molecule has 2 aromatic carbocycles. The van der Waals surface area contributed by atoms with Gasteiger partial charge in [0.05, 0.1) is 16.8 Å². The van der Waals surface area contributed by atoms with Crippen LogP contribution in [0.4, 0.5) is 5.69 Å². The number of aryl methyl sites for hydroxylation is 3. The summed E-state index contributed by atoms with van der Waals surface area (Å²) >= 11 is 2.93. The molecule has 1 aliphatic rings. The summed E-state index contributed by atoms with van der Waals surface area (Å²) in [6.45, 7) is 2.02. The highest BCUT2D eigenvalue weighted by Gasteiger charge is 2.23. The number of carbonyl (C=O) groups is 1. The van der Waals surface area contributed by atoms with Crippen LogP contribution in [0.25, 0.3) is 15.9 Å². The molecule has 1 aliphatic carbocycles. The van der Waals surface area contributed by atoms with Crippen LogP contribution in [0.15, 0.2) is 64.5 Å². The molecule has 5 nitrogen and oxygen atoms in total. The first kappa shape index (κ1) is 21.0. The lowest BCUT2D eigenvalue weighted by molar-refractivity contribution is -0.113. The van der Waals surface area contributed by atoms with Crippen molar-refractivity contribution >= 4 is 44.9 Å². The van der Waals surface area contributed by atoms with E-state index in [0.717, 1.165) is 52.8 Å². The van der Waals surface area contributed by atoms with Gasteiger partial charge in [-0.05, 0) is 62.4 Å². The zero-order valence-electron chi connectivity index (χ0n) is 17.8. The Balaban J connectivity index is 1.54. The van der Waals surface area contributed by atoms with Crippen molar-refractivity contribution in [2.24, 2.45) is 0 Å². The van der Waals surface area contributed by atoms with Crippen LogP contribution in [-0.4, -0.2) is 21.2 Å².